The standard InChI is InChI=1S/C40H43N3O5/c1-27-23-43(38(44)48-39(3,4)5)24-28(2)40(27,45)33-16-18-35-31(21-33)20-32(22-41-35)34-17-19-36(46-25-29-12-8-6-9-13-29)42-37(34)47-26-30-14-10-7-11-15-30/h6-22,27-28,45H,23-26H2,1-5H3. The second-order valence-electron chi connectivity index (χ2n) is 13.7. The van der Waals surface area contributed by atoms with Crippen LogP contribution in [0.3, 0.4) is 0 Å². The first-order valence-corrected chi connectivity index (χ1v) is 16.4. The Balaban J connectivity index is 1.29. The van der Waals surface area contributed by atoms with Gasteiger partial charge in [-0.05, 0) is 61.7 Å². The van der Waals surface area contributed by atoms with Crippen molar-refractivity contribution in [3.63, 3.8) is 0 Å². The van der Waals surface area contributed by atoms with Gasteiger partial charge >= 0.3 is 6.09 Å². The number of piperidine rings is 1. The molecule has 6 rings (SSSR count). The van der Waals surface area contributed by atoms with E-state index < -0.39 is 11.2 Å². The molecule has 48 heavy (non-hydrogen) atoms. The van der Waals surface area contributed by atoms with Gasteiger partial charge in [0.1, 0.15) is 18.8 Å². The van der Waals surface area contributed by atoms with Crippen LogP contribution in [0.15, 0.2) is 103 Å². The van der Waals surface area contributed by atoms with Crippen LogP contribution in [0.4, 0.5) is 4.79 Å². The van der Waals surface area contributed by atoms with Crippen LogP contribution in [0.2, 0.25) is 0 Å². The molecule has 0 radical (unpaired) electrons. The maximum absolute atomic E-state index is 12.9. The zero-order valence-electron chi connectivity index (χ0n) is 28.2. The van der Waals surface area contributed by atoms with E-state index in [4.69, 9.17) is 24.2 Å². The molecule has 2 unspecified atom stereocenters. The van der Waals surface area contributed by atoms with Crippen LogP contribution in [-0.4, -0.2) is 44.8 Å². The summed E-state index contributed by atoms with van der Waals surface area (Å²) in [7, 11) is 0. The number of carbonyl (C=O) groups is 1. The average molecular weight is 646 g/mol. The van der Waals surface area contributed by atoms with E-state index in [1.165, 1.54) is 0 Å². The van der Waals surface area contributed by atoms with Crippen LogP contribution in [0.5, 0.6) is 11.8 Å². The summed E-state index contributed by atoms with van der Waals surface area (Å²) in [6.07, 6.45) is 1.46. The van der Waals surface area contributed by atoms with Crippen LogP contribution in [0, 0.1) is 11.8 Å². The van der Waals surface area contributed by atoms with Crippen LogP contribution >= 0.6 is 0 Å². The summed E-state index contributed by atoms with van der Waals surface area (Å²) < 4.78 is 18.0. The number of benzene rings is 3. The molecule has 2 atom stereocenters. The summed E-state index contributed by atoms with van der Waals surface area (Å²) in [6.45, 7) is 11.0. The number of carbonyl (C=O) groups excluding carboxylic acids is 1. The fourth-order valence-corrected chi connectivity index (χ4v) is 6.36. The fourth-order valence-electron chi connectivity index (χ4n) is 6.36. The second kappa shape index (κ2) is 13.6. The molecule has 8 nitrogen and oxygen atoms in total. The quantitative estimate of drug-likeness (QED) is 0.182. The van der Waals surface area contributed by atoms with Gasteiger partial charge in [0.15, 0.2) is 0 Å². The lowest BCUT2D eigenvalue weighted by molar-refractivity contribution is -0.111. The molecule has 8 heteroatoms. The number of hydrogen-bond acceptors (Lipinski definition) is 7. The number of rotatable bonds is 8. The van der Waals surface area contributed by atoms with Gasteiger partial charge in [0.05, 0.1) is 11.1 Å². The number of nitrogens with zero attached hydrogens (tertiary/aromatic N) is 3. The van der Waals surface area contributed by atoms with E-state index in [-0.39, 0.29) is 17.9 Å². The maximum Gasteiger partial charge on any atom is 0.410 e. The summed E-state index contributed by atoms with van der Waals surface area (Å²) in [6, 6.07) is 31.7. The molecule has 1 aliphatic rings. The van der Waals surface area contributed by atoms with E-state index in [1.807, 2.05) is 132 Å². The Morgan fingerprint density at radius 1 is 0.854 bits per heavy atom. The smallest absolute Gasteiger partial charge is 0.410 e. The molecule has 1 amide bonds. The summed E-state index contributed by atoms with van der Waals surface area (Å²) in [5.74, 6) is 0.447. The van der Waals surface area contributed by atoms with Crippen molar-refractivity contribution < 1.29 is 24.1 Å². The summed E-state index contributed by atoms with van der Waals surface area (Å²) >= 11 is 0. The van der Waals surface area contributed by atoms with Crippen molar-refractivity contribution in [2.75, 3.05) is 13.1 Å². The van der Waals surface area contributed by atoms with Gasteiger partial charge in [0.2, 0.25) is 11.8 Å². The summed E-state index contributed by atoms with van der Waals surface area (Å²) in [4.78, 5) is 24.1. The monoisotopic (exact) mass is 645 g/mol. The highest BCUT2D eigenvalue weighted by molar-refractivity contribution is 5.85. The van der Waals surface area contributed by atoms with Gasteiger partial charge in [-0.25, -0.2) is 4.79 Å². The largest absolute Gasteiger partial charge is 0.473 e. The number of fused-ring (bicyclic) bond motifs is 1. The molecule has 3 aromatic carbocycles. The van der Waals surface area contributed by atoms with Crippen LogP contribution in [-0.2, 0) is 23.6 Å². The second-order valence-corrected chi connectivity index (χ2v) is 13.7. The number of aromatic nitrogens is 2. The molecule has 1 saturated heterocycles. The molecule has 2 aromatic heterocycles. The van der Waals surface area contributed by atoms with Crippen molar-refractivity contribution in [1.29, 1.82) is 0 Å². The van der Waals surface area contributed by atoms with Crippen molar-refractivity contribution in [3.05, 3.63) is 120 Å². The third-order valence-electron chi connectivity index (χ3n) is 8.88. The molecule has 248 valence electrons. The zero-order chi connectivity index (χ0) is 33.9. The Hall–Kier alpha value is -4.95. The van der Waals surface area contributed by atoms with Gasteiger partial charge in [0, 0.05) is 53.7 Å². The van der Waals surface area contributed by atoms with E-state index in [9.17, 15) is 9.90 Å². The van der Waals surface area contributed by atoms with Gasteiger partial charge < -0.3 is 24.2 Å². The van der Waals surface area contributed by atoms with Crippen molar-refractivity contribution in [1.82, 2.24) is 14.9 Å². The highest BCUT2D eigenvalue weighted by Crippen LogP contribution is 2.43. The molecule has 0 spiro atoms. The number of aliphatic hydroxyl groups is 1. The minimum absolute atomic E-state index is 0.229. The SMILES string of the molecule is CC1CN(C(=O)OC(C)(C)C)CC(C)C1(O)c1ccc2ncc(-c3ccc(OCc4ccccc4)nc3OCc3ccccc3)cc2c1. The topological polar surface area (TPSA) is 94.0 Å². The van der Waals surface area contributed by atoms with Crippen molar-refractivity contribution in [2.24, 2.45) is 11.8 Å². The lowest BCUT2D eigenvalue weighted by Crippen LogP contribution is -2.56. The average Bonchev–Trinajstić information content (AvgIpc) is 3.08. The molecule has 5 aromatic rings. The Kier molecular flexibility index (Phi) is 9.38. The number of likely N-dealkylation sites (tertiary alicyclic amines) is 1. The van der Waals surface area contributed by atoms with Crippen molar-refractivity contribution in [3.8, 4) is 22.9 Å². The van der Waals surface area contributed by atoms with Gasteiger partial charge in [-0.3, -0.25) is 4.98 Å². The van der Waals surface area contributed by atoms with Crippen LogP contribution in [0.25, 0.3) is 22.0 Å². The Labute approximate surface area is 282 Å². The Morgan fingerprint density at radius 3 is 2.10 bits per heavy atom. The molecule has 1 aliphatic heterocycles. The molecular weight excluding hydrogens is 602 g/mol. The molecule has 1 N–H and O–H groups in total. The summed E-state index contributed by atoms with van der Waals surface area (Å²) in [5.41, 5.74) is 3.55. The third kappa shape index (κ3) is 7.29. The molecule has 0 bridgehead atoms. The molecular formula is C40H43N3O5. The lowest BCUT2D eigenvalue weighted by atomic mass is 9.70. The number of hydrogen-bond donors (Lipinski definition) is 1. The van der Waals surface area contributed by atoms with Crippen LogP contribution < -0.4 is 9.47 Å². The lowest BCUT2D eigenvalue weighted by Gasteiger charge is -2.48. The minimum atomic E-state index is -1.15. The minimum Gasteiger partial charge on any atom is -0.473 e. The first-order chi connectivity index (χ1) is 23.0. The van der Waals surface area contributed by atoms with Crippen LogP contribution in [0.1, 0.15) is 51.3 Å². The van der Waals surface area contributed by atoms with Gasteiger partial charge in [-0.15, -0.1) is 0 Å². The van der Waals surface area contributed by atoms with E-state index in [1.54, 1.807) is 4.90 Å². The first-order valence-electron chi connectivity index (χ1n) is 16.4. The van der Waals surface area contributed by atoms with Crippen molar-refractivity contribution in [2.45, 2.75) is 59.0 Å². The van der Waals surface area contributed by atoms with Gasteiger partial charge in [0.25, 0.3) is 0 Å². The van der Waals surface area contributed by atoms with Gasteiger partial charge in [-0.1, -0.05) is 80.6 Å². The number of ether oxygens (including phenoxy) is 3. The van der Waals surface area contributed by atoms with E-state index in [0.29, 0.717) is 38.1 Å². The van der Waals surface area contributed by atoms with E-state index >= 15 is 0 Å². The van der Waals surface area contributed by atoms with E-state index in [2.05, 4.69) is 6.07 Å². The maximum atomic E-state index is 12.9. The Bertz CT molecular complexity index is 1860. The van der Waals surface area contributed by atoms with Crippen molar-refractivity contribution >= 4 is 17.0 Å². The molecule has 3 heterocycles. The number of amides is 1. The highest BCUT2D eigenvalue weighted by atomic mass is 16.6. The molecule has 0 aliphatic carbocycles. The van der Waals surface area contributed by atoms with E-state index in [0.717, 1.165) is 38.7 Å². The third-order valence-corrected chi connectivity index (χ3v) is 8.88. The molecule has 0 saturated carbocycles. The fraction of sp³-hybridized carbons (Fsp3) is 0.325. The predicted molar refractivity (Wildman–Crippen MR) is 187 cm³/mol. The first kappa shape index (κ1) is 33.0. The number of pyridine rings is 2. The zero-order valence-corrected chi connectivity index (χ0v) is 28.2. The summed E-state index contributed by atoms with van der Waals surface area (Å²) in [5, 5.41) is 13.1. The Morgan fingerprint density at radius 2 is 1.48 bits per heavy atom. The predicted octanol–water partition coefficient (Wildman–Crippen LogP) is 8.17. The molecule has 1 fully saturated rings. The van der Waals surface area contributed by atoms with Gasteiger partial charge in [-0.2, -0.15) is 4.98 Å². The highest BCUT2D eigenvalue weighted by Gasteiger charge is 2.47. The normalized spacial score (nSPS) is 19.6.